The molecule has 1 aromatic rings. The summed E-state index contributed by atoms with van der Waals surface area (Å²) in [5.41, 5.74) is 5.32. The van der Waals surface area contributed by atoms with E-state index in [1.807, 2.05) is 0 Å². The molecule has 0 saturated carbocycles. The largest absolute Gasteiger partial charge is 0.442 e. The van der Waals surface area contributed by atoms with Gasteiger partial charge in [0.25, 0.3) is 0 Å². The minimum absolute atomic E-state index is 0.341. The van der Waals surface area contributed by atoms with Crippen molar-refractivity contribution in [3.8, 4) is 0 Å². The molecule has 0 bridgehead atoms. The highest BCUT2D eigenvalue weighted by atomic mass is 16.5. The summed E-state index contributed by atoms with van der Waals surface area (Å²) in [6.45, 7) is 3.64. The Morgan fingerprint density at radius 1 is 1.67 bits per heavy atom. The van der Waals surface area contributed by atoms with E-state index < -0.39 is 0 Å². The molecular weight excluding hydrogens is 156 g/mol. The first kappa shape index (κ1) is 9.22. The number of aromatic nitrogens is 1. The summed E-state index contributed by atoms with van der Waals surface area (Å²) in [6.07, 6.45) is 2.66. The third-order valence-electron chi connectivity index (χ3n) is 1.37. The Labute approximate surface area is 71.7 Å². The van der Waals surface area contributed by atoms with Crippen molar-refractivity contribution in [1.29, 1.82) is 0 Å². The fraction of sp³-hybridized carbons (Fsp3) is 0.625. The molecule has 4 heteroatoms. The van der Waals surface area contributed by atoms with Gasteiger partial charge < -0.3 is 14.9 Å². The molecule has 1 aromatic heterocycles. The quantitative estimate of drug-likeness (QED) is 0.671. The van der Waals surface area contributed by atoms with Crippen molar-refractivity contribution < 1.29 is 9.15 Å². The highest BCUT2D eigenvalue weighted by molar-refractivity contribution is 4.91. The Morgan fingerprint density at radius 3 is 3.08 bits per heavy atom. The van der Waals surface area contributed by atoms with Crippen LogP contribution in [0.2, 0.25) is 0 Å². The number of oxazole rings is 1. The maximum atomic E-state index is 5.32. The van der Waals surface area contributed by atoms with E-state index in [4.69, 9.17) is 14.9 Å². The van der Waals surface area contributed by atoms with Gasteiger partial charge in [0.05, 0.1) is 12.7 Å². The molecule has 0 aliphatic rings. The molecule has 0 aromatic carbocycles. The Kier molecular flexibility index (Phi) is 3.76. The van der Waals surface area contributed by atoms with Gasteiger partial charge in [-0.2, -0.15) is 0 Å². The molecule has 4 nitrogen and oxygen atoms in total. The van der Waals surface area contributed by atoms with Gasteiger partial charge in [-0.1, -0.05) is 6.92 Å². The van der Waals surface area contributed by atoms with Crippen LogP contribution in [0.1, 0.15) is 25.0 Å². The lowest BCUT2D eigenvalue weighted by Gasteiger charge is -1.96. The number of nitrogens with two attached hydrogens (primary N) is 1. The van der Waals surface area contributed by atoms with Crippen LogP contribution in [0, 0.1) is 0 Å². The summed E-state index contributed by atoms with van der Waals surface area (Å²) < 4.78 is 10.5. The van der Waals surface area contributed by atoms with Gasteiger partial charge in [-0.25, -0.2) is 4.98 Å². The average Bonchev–Trinajstić information content (AvgIpc) is 2.53. The zero-order valence-electron chi connectivity index (χ0n) is 7.25. The van der Waals surface area contributed by atoms with Gasteiger partial charge in [-0.05, 0) is 6.42 Å². The fourth-order valence-electron chi connectivity index (χ4n) is 0.826. The zero-order chi connectivity index (χ0) is 8.81. The topological polar surface area (TPSA) is 61.3 Å². The molecule has 0 radical (unpaired) electrons. The highest BCUT2D eigenvalue weighted by Crippen LogP contribution is 2.04. The van der Waals surface area contributed by atoms with Crippen molar-refractivity contribution in [2.24, 2.45) is 5.73 Å². The predicted octanol–water partition coefficient (Wildman–Crippen LogP) is 1.06. The van der Waals surface area contributed by atoms with Crippen LogP contribution >= 0.6 is 0 Å². The SMILES string of the molecule is CCCOCc1cnc(CN)o1. The molecule has 1 heterocycles. The molecule has 1 rings (SSSR count). The van der Waals surface area contributed by atoms with Crippen molar-refractivity contribution >= 4 is 0 Å². The molecule has 0 aliphatic heterocycles. The van der Waals surface area contributed by atoms with Crippen molar-refractivity contribution in [3.05, 3.63) is 17.8 Å². The van der Waals surface area contributed by atoms with E-state index in [2.05, 4.69) is 11.9 Å². The van der Waals surface area contributed by atoms with E-state index in [1.54, 1.807) is 6.20 Å². The van der Waals surface area contributed by atoms with E-state index in [1.165, 1.54) is 0 Å². The van der Waals surface area contributed by atoms with Gasteiger partial charge in [0.15, 0.2) is 0 Å². The number of rotatable bonds is 5. The maximum absolute atomic E-state index is 5.32. The maximum Gasteiger partial charge on any atom is 0.208 e. The van der Waals surface area contributed by atoms with Crippen LogP contribution in [-0.2, 0) is 17.9 Å². The second-order valence-electron chi connectivity index (χ2n) is 2.48. The smallest absolute Gasteiger partial charge is 0.208 e. The van der Waals surface area contributed by atoms with Crippen molar-refractivity contribution in [2.45, 2.75) is 26.5 Å². The molecule has 12 heavy (non-hydrogen) atoms. The fourth-order valence-corrected chi connectivity index (χ4v) is 0.826. The van der Waals surface area contributed by atoms with E-state index in [-0.39, 0.29) is 0 Å². The first-order chi connectivity index (χ1) is 5.86. The molecule has 0 amide bonds. The van der Waals surface area contributed by atoms with Crippen molar-refractivity contribution in [2.75, 3.05) is 6.61 Å². The Bertz CT molecular complexity index is 223. The van der Waals surface area contributed by atoms with Crippen LogP contribution in [-0.4, -0.2) is 11.6 Å². The van der Waals surface area contributed by atoms with Gasteiger partial charge in [-0.15, -0.1) is 0 Å². The summed E-state index contributed by atoms with van der Waals surface area (Å²) >= 11 is 0. The summed E-state index contributed by atoms with van der Waals surface area (Å²) in [5, 5.41) is 0. The first-order valence-electron chi connectivity index (χ1n) is 4.08. The molecule has 0 spiro atoms. The van der Waals surface area contributed by atoms with Crippen molar-refractivity contribution in [1.82, 2.24) is 4.98 Å². The van der Waals surface area contributed by atoms with E-state index in [0.717, 1.165) is 18.8 Å². The van der Waals surface area contributed by atoms with E-state index in [0.29, 0.717) is 19.0 Å². The summed E-state index contributed by atoms with van der Waals surface area (Å²) in [4.78, 5) is 3.94. The number of hydrogen-bond acceptors (Lipinski definition) is 4. The molecule has 0 saturated heterocycles. The molecule has 0 aliphatic carbocycles. The lowest BCUT2D eigenvalue weighted by molar-refractivity contribution is 0.106. The molecule has 2 N–H and O–H groups in total. The van der Waals surface area contributed by atoms with E-state index in [9.17, 15) is 0 Å². The minimum atomic E-state index is 0.341. The summed E-state index contributed by atoms with van der Waals surface area (Å²) in [6, 6.07) is 0. The normalized spacial score (nSPS) is 10.5. The van der Waals surface area contributed by atoms with E-state index >= 15 is 0 Å². The Hall–Kier alpha value is -0.870. The van der Waals surface area contributed by atoms with Crippen molar-refractivity contribution in [3.63, 3.8) is 0 Å². The van der Waals surface area contributed by atoms with Gasteiger partial charge in [0.1, 0.15) is 12.4 Å². The van der Waals surface area contributed by atoms with Crippen LogP contribution in [0.4, 0.5) is 0 Å². The third kappa shape index (κ3) is 2.64. The average molecular weight is 170 g/mol. The molecular formula is C8H14N2O2. The lowest BCUT2D eigenvalue weighted by Crippen LogP contribution is -1.95. The molecule has 0 fully saturated rings. The van der Waals surface area contributed by atoms with Crippen LogP contribution in [0.25, 0.3) is 0 Å². The lowest BCUT2D eigenvalue weighted by atomic mass is 10.5. The number of nitrogens with zero attached hydrogens (tertiary/aromatic N) is 1. The summed E-state index contributed by atoms with van der Waals surface area (Å²) in [7, 11) is 0. The van der Waals surface area contributed by atoms with Gasteiger partial charge in [0.2, 0.25) is 5.89 Å². The minimum Gasteiger partial charge on any atom is -0.442 e. The van der Waals surface area contributed by atoms with Gasteiger partial charge in [-0.3, -0.25) is 0 Å². The van der Waals surface area contributed by atoms with Crippen LogP contribution in [0.15, 0.2) is 10.6 Å². The van der Waals surface area contributed by atoms with Gasteiger partial charge >= 0.3 is 0 Å². The van der Waals surface area contributed by atoms with Gasteiger partial charge in [0, 0.05) is 6.61 Å². The van der Waals surface area contributed by atoms with Crippen LogP contribution < -0.4 is 5.73 Å². The Morgan fingerprint density at radius 2 is 2.50 bits per heavy atom. The number of hydrogen-bond donors (Lipinski definition) is 1. The first-order valence-corrected chi connectivity index (χ1v) is 4.08. The molecule has 0 unspecified atom stereocenters. The number of ether oxygens (including phenoxy) is 1. The second-order valence-corrected chi connectivity index (χ2v) is 2.48. The second kappa shape index (κ2) is 4.90. The van der Waals surface area contributed by atoms with Crippen LogP contribution in [0.5, 0.6) is 0 Å². The highest BCUT2D eigenvalue weighted by Gasteiger charge is 2.00. The molecule has 0 atom stereocenters. The predicted molar refractivity (Wildman–Crippen MR) is 44.3 cm³/mol. The summed E-state index contributed by atoms with van der Waals surface area (Å²) in [5.74, 6) is 1.30. The standard InChI is InChI=1S/C8H14N2O2/c1-2-3-11-6-7-5-10-8(4-9)12-7/h5H,2-4,6,9H2,1H3. The zero-order valence-corrected chi connectivity index (χ0v) is 7.25. The molecule has 68 valence electrons. The monoisotopic (exact) mass is 170 g/mol. The third-order valence-corrected chi connectivity index (χ3v) is 1.37. The Balaban J connectivity index is 2.31. The van der Waals surface area contributed by atoms with Crippen LogP contribution in [0.3, 0.4) is 0 Å².